The average molecular weight is 322 g/mol. The number of benzene rings is 2. The number of rotatable bonds is 7. The van der Waals surface area contributed by atoms with Gasteiger partial charge in [-0.2, -0.15) is 0 Å². The number of aliphatic imine (C=N–C) groups is 2. The molecule has 2 aromatic rings. The largest absolute Gasteiger partial charge is 0.465 e. The van der Waals surface area contributed by atoms with Crippen LogP contribution in [0.1, 0.15) is 31.8 Å². The molecule has 0 aliphatic heterocycles. The Morgan fingerprint density at radius 3 is 2.17 bits per heavy atom. The van der Waals surface area contributed by atoms with Gasteiger partial charge in [-0.05, 0) is 29.3 Å². The van der Waals surface area contributed by atoms with E-state index in [1.165, 1.54) is 7.11 Å². The lowest BCUT2D eigenvalue weighted by atomic mass is 10.1. The fourth-order valence-electron chi connectivity index (χ4n) is 2.03. The highest BCUT2D eigenvalue weighted by molar-refractivity contribution is 5.92. The molecule has 5 heteroatoms. The van der Waals surface area contributed by atoms with Gasteiger partial charge in [0.15, 0.2) is 0 Å². The lowest BCUT2D eigenvalue weighted by Gasteiger charge is -1.99. The van der Waals surface area contributed by atoms with Crippen molar-refractivity contribution >= 4 is 24.7 Å². The second-order valence-electron chi connectivity index (χ2n) is 4.98. The minimum atomic E-state index is -0.368. The highest BCUT2D eigenvalue weighted by Gasteiger charge is 2.04. The van der Waals surface area contributed by atoms with E-state index in [2.05, 4.69) is 14.7 Å². The maximum Gasteiger partial charge on any atom is 0.337 e. The van der Waals surface area contributed by atoms with Crippen LogP contribution < -0.4 is 0 Å². The molecule has 122 valence electrons. The smallest absolute Gasteiger partial charge is 0.337 e. The first-order valence-electron chi connectivity index (χ1n) is 7.46. The van der Waals surface area contributed by atoms with Crippen molar-refractivity contribution in [1.82, 2.24) is 0 Å². The number of nitrogens with zero attached hydrogens (tertiary/aromatic N) is 2. The van der Waals surface area contributed by atoms with Crippen LogP contribution in [-0.4, -0.2) is 44.9 Å². The number of hydrogen-bond donors (Lipinski definition) is 0. The third-order valence-corrected chi connectivity index (χ3v) is 3.19. The molecular formula is C19H18N2O3. The Morgan fingerprint density at radius 2 is 1.54 bits per heavy atom. The van der Waals surface area contributed by atoms with E-state index in [1.807, 2.05) is 18.2 Å². The van der Waals surface area contributed by atoms with E-state index >= 15 is 0 Å². The van der Waals surface area contributed by atoms with Crippen LogP contribution in [0.2, 0.25) is 0 Å². The molecule has 0 aliphatic rings. The lowest BCUT2D eigenvalue weighted by molar-refractivity contribution is 0.0600. The topological polar surface area (TPSA) is 68.1 Å². The number of hydrogen-bond acceptors (Lipinski definition) is 5. The molecule has 0 unspecified atom stereocenters. The van der Waals surface area contributed by atoms with Gasteiger partial charge in [-0.1, -0.05) is 30.3 Å². The third-order valence-electron chi connectivity index (χ3n) is 3.19. The molecule has 0 aliphatic carbocycles. The second kappa shape index (κ2) is 9.15. The van der Waals surface area contributed by atoms with E-state index in [4.69, 9.17) is 0 Å². The van der Waals surface area contributed by atoms with Crippen molar-refractivity contribution in [3.05, 3.63) is 70.8 Å². The van der Waals surface area contributed by atoms with Gasteiger partial charge in [0, 0.05) is 18.0 Å². The summed E-state index contributed by atoms with van der Waals surface area (Å²) in [6.45, 7) is 1.07. The van der Waals surface area contributed by atoms with E-state index in [0.717, 1.165) is 17.4 Å². The molecule has 0 heterocycles. The van der Waals surface area contributed by atoms with Crippen LogP contribution in [0, 0.1) is 0 Å². The summed E-state index contributed by atoms with van der Waals surface area (Å²) in [5.41, 5.74) is 2.84. The highest BCUT2D eigenvalue weighted by atomic mass is 16.5. The molecule has 5 nitrogen and oxygen atoms in total. The Labute approximate surface area is 140 Å². The van der Waals surface area contributed by atoms with Crippen LogP contribution in [0.3, 0.4) is 0 Å². The average Bonchev–Trinajstić information content (AvgIpc) is 2.64. The SMILES string of the molecule is COC(=O)c1cccc(C=NCCN=Cc2cccc(C=O)c2)c1. The first-order valence-corrected chi connectivity index (χ1v) is 7.46. The summed E-state index contributed by atoms with van der Waals surface area (Å²) in [5.74, 6) is -0.368. The van der Waals surface area contributed by atoms with E-state index < -0.39 is 0 Å². The van der Waals surface area contributed by atoms with Crippen LogP contribution in [0.15, 0.2) is 58.5 Å². The van der Waals surface area contributed by atoms with Gasteiger partial charge in [-0.3, -0.25) is 14.8 Å². The fourth-order valence-corrected chi connectivity index (χ4v) is 2.03. The Morgan fingerprint density at radius 1 is 0.958 bits per heavy atom. The number of methoxy groups -OCH3 is 1. The number of carbonyl (C=O) groups is 2. The van der Waals surface area contributed by atoms with Crippen molar-refractivity contribution in [3.63, 3.8) is 0 Å². The van der Waals surface area contributed by atoms with Gasteiger partial charge in [-0.25, -0.2) is 4.79 Å². The molecule has 0 fully saturated rings. The van der Waals surface area contributed by atoms with Gasteiger partial charge in [0.25, 0.3) is 0 Å². The van der Waals surface area contributed by atoms with Gasteiger partial charge in [0.05, 0.1) is 25.8 Å². The molecule has 0 saturated heterocycles. The van der Waals surface area contributed by atoms with Crippen LogP contribution in [0.5, 0.6) is 0 Å². The molecule has 0 spiro atoms. The van der Waals surface area contributed by atoms with Gasteiger partial charge < -0.3 is 4.74 Å². The monoisotopic (exact) mass is 322 g/mol. The molecule has 0 bridgehead atoms. The summed E-state index contributed by atoms with van der Waals surface area (Å²) >= 11 is 0. The molecular weight excluding hydrogens is 304 g/mol. The minimum absolute atomic E-state index is 0.368. The van der Waals surface area contributed by atoms with Crippen molar-refractivity contribution in [3.8, 4) is 0 Å². The molecule has 24 heavy (non-hydrogen) atoms. The van der Waals surface area contributed by atoms with E-state index in [0.29, 0.717) is 24.2 Å². The number of carbonyl (C=O) groups excluding carboxylic acids is 2. The quantitative estimate of drug-likeness (QED) is 0.341. The fraction of sp³-hybridized carbons (Fsp3) is 0.158. The molecule has 2 aromatic carbocycles. The summed E-state index contributed by atoms with van der Waals surface area (Å²) in [7, 11) is 1.35. The Bertz CT molecular complexity index is 767. The van der Waals surface area contributed by atoms with Crippen molar-refractivity contribution in [2.75, 3.05) is 20.2 Å². The second-order valence-corrected chi connectivity index (χ2v) is 4.98. The zero-order chi connectivity index (χ0) is 17.2. The molecule has 0 saturated carbocycles. The molecule has 0 atom stereocenters. The molecule has 0 aromatic heterocycles. The first-order chi connectivity index (χ1) is 11.7. The van der Waals surface area contributed by atoms with Crippen LogP contribution in [0.4, 0.5) is 0 Å². The Kier molecular flexibility index (Phi) is 6.58. The summed E-state index contributed by atoms with van der Waals surface area (Å²) in [6.07, 6.45) is 4.24. The maximum atomic E-state index is 11.5. The van der Waals surface area contributed by atoms with Gasteiger partial charge >= 0.3 is 5.97 Å². The standard InChI is InChI=1S/C19H18N2O3/c1-24-19(23)18-7-3-5-16(11-18)13-21-9-8-20-12-15-4-2-6-17(10-15)14-22/h2-7,10-14H,8-9H2,1H3. The predicted molar refractivity (Wildman–Crippen MR) is 94.5 cm³/mol. The van der Waals surface area contributed by atoms with Crippen molar-refractivity contribution in [2.24, 2.45) is 9.98 Å². The van der Waals surface area contributed by atoms with Gasteiger partial charge in [0.2, 0.25) is 0 Å². The summed E-state index contributed by atoms with van der Waals surface area (Å²) in [4.78, 5) is 30.7. The number of aldehydes is 1. The van der Waals surface area contributed by atoms with Crippen molar-refractivity contribution in [2.45, 2.75) is 0 Å². The van der Waals surface area contributed by atoms with Crippen LogP contribution in [0.25, 0.3) is 0 Å². The Balaban J connectivity index is 1.85. The molecule has 2 rings (SSSR count). The zero-order valence-corrected chi connectivity index (χ0v) is 13.4. The van der Waals surface area contributed by atoms with E-state index in [1.54, 1.807) is 42.8 Å². The normalized spacial score (nSPS) is 11.0. The minimum Gasteiger partial charge on any atom is -0.465 e. The predicted octanol–water partition coefficient (Wildman–Crippen LogP) is 2.82. The van der Waals surface area contributed by atoms with E-state index in [-0.39, 0.29) is 5.97 Å². The van der Waals surface area contributed by atoms with E-state index in [9.17, 15) is 9.59 Å². The summed E-state index contributed by atoms with van der Waals surface area (Å²) < 4.78 is 4.68. The summed E-state index contributed by atoms with van der Waals surface area (Å²) in [5, 5.41) is 0. The van der Waals surface area contributed by atoms with Crippen molar-refractivity contribution < 1.29 is 14.3 Å². The first kappa shape index (κ1) is 17.3. The molecule has 0 amide bonds. The molecule has 0 radical (unpaired) electrons. The summed E-state index contributed by atoms with van der Waals surface area (Å²) in [6, 6.07) is 14.3. The number of ether oxygens (including phenoxy) is 1. The van der Waals surface area contributed by atoms with Gasteiger partial charge in [-0.15, -0.1) is 0 Å². The number of esters is 1. The van der Waals surface area contributed by atoms with Crippen LogP contribution in [-0.2, 0) is 4.74 Å². The maximum absolute atomic E-state index is 11.5. The third kappa shape index (κ3) is 5.28. The van der Waals surface area contributed by atoms with Crippen molar-refractivity contribution in [1.29, 1.82) is 0 Å². The van der Waals surface area contributed by atoms with Gasteiger partial charge in [0.1, 0.15) is 6.29 Å². The Hall–Kier alpha value is -3.08. The lowest BCUT2D eigenvalue weighted by Crippen LogP contribution is -2.01. The zero-order valence-electron chi connectivity index (χ0n) is 13.4. The highest BCUT2D eigenvalue weighted by Crippen LogP contribution is 2.05. The molecule has 0 N–H and O–H groups in total. The van der Waals surface area contributed by atoms with Crippen LogP contribution >= 0.6 is 0 Å².